The first kappa shape index (κ1) is 27.1. The molecule has 4 heterocycles. The molecular formula is C32H38N8O2. The summed E-state index contributed by atoms with van der Waals surface area (Å²) in [5, 5.41) is 33.6. The summed E-state index contributed by atoms with van der Waals surface area (Å²) < 4.78 is 3.71. The molecule has 4 aromatic rings. The number of carbonyl (C=O) groups excluding carboxylic acids is 1. The highest BCUT2D eigenvalue weighted by atomic mass is 16.3. The van der Waals surface area contributed by atoms with Crippen molar-refractivity contribution in [1.82, 2.24) is 29.2 Å². The largest absolute Gasteiger partial charge is 0.386 e. The van der Waals surface area contributed by atoms with Crippen LogP contribution in [0.1, 0.15) is 74.0 Å². The van der Waals surface area contributed by atoms with Gasteiger partial charge in [-0.15, -0.1) is 0 Å². The molecule has 1 aromatic carbocycles. The Kier molecular flexibility index (Phi) is 6.21. The van der Waals surface area contributed by atoms with Gasteiger partial charge in [0, 0.05) is 54.6 Å². The number of aromatic nitrogens is 4. The van der Waals surface area contributed by atoms with E-state index in [0.29, 0.717) is 33.6 Å². The van der Waals surface area contributed by atoms with Crippen molar-refractivity contribution in [3.63, 3.8) is 0 Å². The number of anilines is 1. The maximum Gasteiger partial charge on any atom is 0.274 e. The summed E-state index contributed by atoms with van der Waals surface area (Å²) in [4.78, 5) is 18.6. The fraction of sp³-hybridized carbons (Fsp3) is 0.500. The van der Waals surface area contributed by atoms with Gasteiger partial charge in [-0.25, -0.2) is 4.52 Å². The van der Waals surface area contributed by atoms with Crippen molar-refractivity contribution in [2.24, 2.45) is 0 Å². The average Bonchev–Trinajstić information content (AvgIpc) is 3.61. The Morgan fingerprint density at radius 2 is 1.71 bits per heavy atom. The SMILES string of the molecule is CN1CCN(C23CCC(n4cc5cc(NC(=O)c6ccc7cc(C#N)cnn67)c(C(C)(C)O)cc5n4)(CC2)CC3)CC1. The summed E-state index contributed by atoms with van der Waals surface area (Å²) in [6, 6.07) is 11.1. The van der Waals surface area contributed by atoms with E-state index < -0.39 is 5.60 Å². The van der Waals surface area contributed by atoms with E-state index in [4.69, 9.17) is 5.10 Å². The van der Waals surface area contributed by atoms with Gasteiger partial charge in [0.15, 0.2) is 0 Å². The zero-order valence-electron chi connectivity index (χ0n) is 24.6. The van der Waals surface area contributed by atoms with Crippen LogP contribution in [0.3, 0.4) is 0 Å². The second-order valence-corrected chi connectivity index (χ2v) is 13.2. The molecule has 1 aliphatic heterocycles. The lowest BCUT2D eigenvalue weighted by Crippen LogP contribution is -2.62. The van der Waals surface area contributed by atoms with E-state index in [1.807, 2.05) is 12.1 Å². The molecule has 0 unspecified atom stereocenters. The molecule has 0 spiro atoms. The van der Waals surface area contributed by atoms with Crippen molar-refractivity contribution >= 4 is 28.0 Å². The highest BCUT2D eigenvalue weighted by Crippen LogP contribution is 2.53. The van der Waals surface area contributed by atoms with Crippen LogP contribution in [-0.2, 0) is 11.1 Å². The number of piperazine rings is 1. The Morgan fingerprint density at radius 3 is 2.38 bits per heavy atom. The zero-order chi connectivity index (χ0) is 29.3. The number of hydrogen-bond donors (Lipinski definition) is 2. The minimum absolute atomic E-state index is 0.0183. The van der Waals surface area contributed by atoms with Crippen molar-refractivity contribution in [1.29, 1.82) is 5.26 Å². The molecule has 1 amide bonds. The van der Waals surface area contributed by atoms with Gasteiger partial charge in [-0.05, 0) is 89.8 Å². The van der Waals surface area contributed by atoms with E-state index in [2.05, 4.69) is 44.2 Å². The van der Waals surface area contributed by atoms with Gasteiger partial charge in [0.2, 0.25) is 0 Å². The van der Waals surface area contributed by atoms with Gasteiger partial charge in [0.1, 0.15) is 11.8 Å². The summed E-state index contributed by atoms with van der Waals surface area (Å²) in [7, 11) is 2.22. The molecule has 2 N–H and O–H groups in total. The predicted molar refractivity (Wildman–Crippen MR) is 160 cm³/mol. The van der Waals surface area contributed by atoms with Gasteiger partial charge >= 0.3 is 0 Å². The molecule has 8 rings (SSSR count). The second-order valence-electron chi connectivity index (χ2n) is 13.2. The third kappa shape index (κ3) is 4.39. The number of likely N-dealkylation sites (N-methyl/N-ethyl adjacent to an activating group) is 1. The van der Waals surface area contributed by atoms with Crippen molar-refractivity contribution in [3.05, 3.63) is 59.5 Å². The summed E-state index contributed by atoms with van der Waals surface area (Å²) in [5.41, 5.74) is 2.57. The van der Waals surface area contributed by atoms with E-state index in [9.17, 15) is 15.2 Å². The van der Waals surface area contributed by atoms with Gasteiger partial charge in [-0.1, -0.05) is 0 Å². The van der Waals surface area contributed by atoms with Crippen LogP contribution in [-0.4, -0.2) is 79.0 Å². The topological polar surface area (TPSA) is 115 Å². The minimum Gasteiger partial charge on any atom is -0.386 e. The molecule has 10 nitrogen and oxygen atoms in total. The lowest BCUT2D eigenvalue weighted by molar-refractivity contribution is -0.0665. The molecular weight excluding hydrogens is 528 g/mol. The minimum atomic E-state index is -1.20. The highest BCUT2D eigenvalue weighted by Gasteiger charge is 2.52. The molecule has 218 valence electrons. The maximum atomic E-state index is 13.4. The average molecular weight is 567 g/mol. The number of nitrogens with one attached hydrogen (secondary N) is 1. The molecule has 2 bridgehead atoms. The third-order valence-corrected chi connectivity index (χ3v) is 10.2. The number of aliphatic hydroxyl groups is 1. The van der Waals surface area contributed by atoms with E-state index >= 15 is 0 Å². The monoisotopic (exact) mass is 566 g/mol. The van der Waals surface area contributed by atoms with Crippen LogP contribution in [0.15, 0.2) is 42.7 Å². The summed E-state index contributed by atoms with van der Waals surface area (Å²) >= 11 is 0. The first-order valence-electron chi connectivity index (χ1n) is 15.0. The van der Waals surface area contributed by atoms with Crippen molar-refractivity contribution in [2.45, 2.75) is 69.1 Å². The number of benzene rings is 1. The fourth-order valence-electron chi connectivity index (χ4n) is 7.59. The standard InChI is InChI=1S/C32H38N8O2/c1-30(2,42)25-18-26-23(17-27(25)35-29(41)28-5-4-24-16-22(19-33)20-34-40(24)28)21-39(36-26)32-9-6-31(7-10-32,8-11-32)38-14-12-37(3)13-15-38/h4-5,16-18,20-21,42H,6-15H2,1-3H3,(H,35,41). The van der Waals surface area contributed by atoms with Gasteiger partial charge in [0.25, 0.3) is 5.91 Å². The van der Waals surface area contributed by atoms with Gasteiger partial charge < -0.3 is 15.3 Å². The van der Waals surface area contributed by atoms with E-state index in [1.54, 1.807) is 32.0 Å². The van der Waals surface area contributed by atoms with E-state index in [-0.39, 0.29) is 11.4 Å². The van der Waals surface area contributed by atoms with Crippen LogP contribution in [0.5, 0.6) is 0 Å². The molecule has 3 saturated carbocycles. The third-order valence-electron chi connectivity index (χ3n) is 10.2. The Hall–Kier alpha value is -3.78. The molecule has 42 heavy (non-hydrogen) atoms. The Labute approximate surface area is 245 Å². The van der Waals surface area contributed by atoms with E-state index in [1.165, 1.54) is 43.1 Å². The van der Waals surface area contributed by atoms with Crippen LogP contribution in [0, 0.1) is 11.3 Å². The molecule has 10 heteroatoms. The van der Waals surface area contributed by atoms with Crippen molar-refractivity contribution in [2.75, 3.05) is 38.5 Å². The number of carbonyl (C=O) groups is 1. The maximum absolute atomic E-state index is 13.4. The Bertz CT molecular complexity index is 1710. The van der Waals surface area contributed by atoms with Gasteiger partial charge in [0.05, 0.1) is 33.9 Å². The number of nitriles is 1. The summed E-state index contributed by atoms with van der Waals surface area (Å²) in [6.45, 7) is 8.08. The number of fused-ring (bicyclic) bond motifs is 5. The van der Waals surface area contributed by atoms with Crippen LogP contribution in [0.2, 0.25) is 0 Å². The molecule has 0 radical (unpaired) electrons. The number of amides is 1. The zero-order valence-corrected chi connectivity index (χ0v) is 24.6. The normalized spacial score (nSPS) is 25.2. The van der Waals surface area contributed by atoms with Crippen molar-refractivity contribution < 1.29 is 9.90 Å². The number of hydrogen-bond acceptors (Lipinski definition) is 7. The first-order valence-corrected chi connectivity index (χ1v) is 15.0. The summed E-state index contributed by atoms with van der Waals surface area (Å²) in [6.07, 6.45) is 10.6. The Balaban J connectivity index is 1.17. The fourth-order valence-corrected chi connectivity index (χ4v) is 7.59. The van der Waals surface area contributed by atoms with E-state index in [0.717, 1.165) is 43.3 Å². The molecule has 4 fully saturated rings. The molecule has 3 aromatic heterocycles. The molecule has 3 aliphatic carbocycles. The number of nitrogens with zero attached hydrogens (tertiary/aromatic N) is 7. The smallest absolute Gasteiger partial charge is 0.274 e. The highest BCUT2D eigenvalue weighted by molar-refractivity contribution is 6.05. The molecule has 1 saturated heterocycles. The lowest BCUT2D eigenvalue weighted by atomic mass is 9.60. The molecule has 0 atom stereocenters. The van der Waals surface area contributed by atoms with Gasteiger partial charge in [-0.2, -0.15) is 15.5 Å². The van der Waals surface area contributed by atoms with Crippen LogP contribution in [0.4, 0.5) is 5.69 Å². The number of rotatable bonds is 5. The van der Waals surface area contributed by atoms with Gasteiger partial charge in [-0.3, -0.25) is 14.4 Å². The first-order chi connectivity index (χ1) is 20.1. The quantitative estimate of drug-likeness (QED) is 0.374. The molecule has 4 aliphatic rings. The van der Waals surface area contributed by atoms with Crippen LogP contribution < -0.4 is 5.32 Å². The van der Waals surface area contributed by atoms with Crippen molar-refractivity contribution in [3.8, 4) is 6.07 Å². The predicted octanol–water partition coefficient (Wildman–Crippen LogP) is 4.08. The Morgan fingerprint density at radius 1 is 1.02 bits per heavy atom. The van der Waals surface area contributed by atoms with Crippen LogP contribution in [0.25, 0.3) is 16.4 Å². The summed E-state index contributed by atoms with van der Waals surface area (Å²) in [5.74, 6) is -0.345. The lowest BCUT2D eigenvalue weighted by Gasteiger charge is -2.58. The second kappa shape index (κ2) is 9.63. The van der Waals surface area contributed by atoms with Crippen LogP contribution >= 0.6 is 0 Å².